The molecule has 381 valence electrons. The van der Waals surface area contributed by atoms with Crippen LogP contribution in [0.25, 0.3) is 0 Å². The van der Waals surface area contributed by atoms with Crippen molar-refractivity contribution in [3.8, 4) is 11.5 Å². The first-order valence-corrected chi connectivity index (χ1v) is 47.6. The van der Waals surface area contributed by atoms with Crippen LogP contribution in [0.3, 0.4) is 0 Å². The third-order valence-corrected chi connectivity index (χ3v) is 14.3. The van der Waals surface area contributed by atoms with Crippen LogP contribution in [0.5, 0.6) is 11.5 Å². The van der Waals surface area contributed by atoms with Gasteiger partial charge in [0.05, 0.1) is 13.2 Å². The van der Waals surface area contributed by atoms with E-state index in [-0.39, 0.29) is 28.6 Å². The van der Waals surface area contributed by atoms with Crippen LogP contribution in [0, 0.1) is 11.8 Å². The molecule has 5 N–H and O–H groups in total. The topological polar surface area (TPSA) is 120 Å². The van der Waals surface area contributed by atoms with Crippen LogP contribution in [0.2, 0.25) is 0 Å². The van der Waals surface area contributed by atoms with E-state index in [1.54, 1.807) is 0 Å². The van der Waals surface area contributed by atoms with Crippen molar-refractivity contribution in [3.63, 3.8) is 0 Å². The van der Waals surface area contributed by atoms with E-state index in [2.05, 4.69) is 162 Å². The van der Waals surface area contributed by atoms with Crippen LogP contribution in [0.15, 0.2) is 158 Å². The number of ether oxygens (including phenoxy) is 2. The van der Waals surface area contributed by atoms with Gasteiger partial charge in [0.15, 0.2) is 0 Å². The molecule has 4 aliphatic heterocycles. The molecule has 0 aliphatic carbocycles. The number of likely N-dealkylation sites (tertiary alicyclic amines) is 1. The predicted octanol–water partition coefficient (Wildman–Crippen LogP) is 13.0. The summed E-state index contributed by atoms with van der Waals surface area (Å²) < 4.78 is 11.1. The standard InChI is InChI=1S/C28H30N2O2.C18H20N2O.C10H11BrO.5HI.2V/c29-27(31)28(23-7-3-1-4-8-23,24-9-5-2-6-10-24)25-14-17-30(20-25)16-13-21-11-12-26-22(19-21)15-18-32-26;19-17(21)18(16-11-12-20-13-16,14-7-3-1-4-8-14)15-9-5-2-6-10-15;11-5-3-8-1-2-10-9(7-8)4-6-12-10;;;;;;;/h1-12,19,25H,13-18,20H2,(H2,29,31);1-10,16,20H,11-13H2,(H2,19,21);1-2,7H,3-6H2;5*1H;;/q;;;;;;;;+2;+3/p-5/t25-;16-;;;;;;;;/m11......../s1. The number of nitrogens with zero attached hydrogens (tertiary/aromatic N) is 1. The molecule has 4 heterocycles. The summed E-state index contributed by atoms with van der Waals surface area (Å²) in [6, 6.07) is 53.1. The number of nitrogens with one attached hydrogen (secondary N) is 1. The zero-order valence-corrected chi connectivity index (χ0v) is 55.1. The number of nitrogens with two attached hydrogens (primary N) is 2. The Kier molecular flexibility index (Phi) is 26.4. The molecule has 0 radical (unpaired) electrons. The van der Waals surface area contributed by atoms with Crippen molar-refractivity contribution in [3.05, 3.63) is 202 Å². The number of fused-ring (bicyclic) bond motifs is 2. The van der Waals surface area contributed by atoms with E-state index in [4.69, 9.17) is 20.9 Å². The van der Waals surface area contributed by atoms with Gasteiger partial charge in [0, 0.05) is 31.3 Å². The fraction of sp³-hybridized carbons (Fsp3) is 0.321. The normalized spacial score (nSPS) is 16.6. The van der Waals surface area contributed by atoms with Gasteiger partial charge in [0.25, 0.3) is 0 Å². The van der Waals surface area contributed by atoms with Gasteiger partial charge in [-0.05, 0) is 114 Å². The summed E-state index contributed by atoms with van der Waals surface area (Å²) in [7, 11) is 0.628. The van der Waals surface area contributed by atoms with Gasteiger partial charge in [-0.1, -0.05) is 162 Å². The second-order valence-corrected chi connectivity index (χ2v) is 65.8. The summed E-state index contributed by atoms with van der Waals surface area (Å²) in [5, 5.41) is 4.40. The number of carbonyl (C=O) groups is 2. The Morgan fingerprint density at radius 3 is 1.42 bits per heavy atom. The molecule has 72 heavy (non-hydrogen) atoms. The molecule has 6 aromatic rings. The summed E-state index contributed by atoms with van der Waals surface area (Å²) in [6.45, 7) is 6.21. The van der Waals surface area contributed by atoms with Crippen molar-refractivity contribution in [2.75, 3.05) is 51.3 Å². The van der Waals surface area contributed by atoms with Crippen LogP contribution in [-0.4, -0.2) is 68.0 Å². The first kappa shape index (κ1) is 60.3. The number of hydrogen-bond acceptors (Lipinski definition) is 6. The molecule has 2 fully saturated rings. The Hall–Kier alpha value is -0.921. The third kappa shape index (κ3) is 16.1. The molecule has 0 aromatic heterocycles. The SMILES string of the molecule is BrCCc1ccc2c(c1)CCO2.NC(=O)C(c1ccccc1)(c1ccccc1)[C@@H]1CCN(CCc2ccc3c(c2)CCO3)C1.NC(=O)C(c1ccccc1)(c1ccccc1)[C@@H]1CCNC1.[I][V]([I])[I].[I][V][I]. The monoisotopic (exact) mass is 1670 g/mol. The first-order valence-electron chi connectivity index (χ1n) is 24.0. The number of benzene rings is 6. The molecular formula is C56H61BrI5N4O4V2. The summed E-state index contributed by atoms with van der Waals surface area (Å²) in [4.78, 5) is 28.0. The number of rotatable bonds is 13. The molecule has 8 nitrogen and oxygen atoms in total. The zero-order chi connectivity index (χ0) is 51.4. The fourth-order valence-corrected chi connectivity index (χ4v) is 11.1. The zero-order valence-electron chi connectivity index (χ0n) is 40.0. The van der Waals surface area contributed by atoms with Gasteiger partial charge in [-0.2, -0.15) is 0 Å². The Labute approximate surface area is 501 Å². The number of halogens is 6. The molecule has 16 heteroatoms. The van der Waals surface area contributed by atoms with Crippen molar-refractivity contribution in [1.29, 1.82) is 0 Å². The number of carbonyl (C=O) groups excluding carboxylic acids is 2. The van der Waals surface area contributed by atoms with Gasteiger partial charge in [-0.15, -0.1) is 0 Å². The molecule has 2 saturated heterocycles. The molecule has 0 saturated carbocycles. The molecule has 4 aliphatic rings. The van der Waals surface area contributed by atoms with Crippen molar-refractivity contribution < 1.29 is 33.4 Å². The van der Waals surface area contributed by atoms with Crippen LogP contribution in [0.4, 0.5) is 0 Å². The van der Waals surface area contributed by atoms with Crippen LogP contribution in [-0.2, 0) is 60.5 Å². The predicted molar refractivity (Wildman–Crippen MR) is 334 cm³/mol. The van der Waals surface area contributed by atoms with E-state index in [1.165, 1.54) is 22.3 Å². The molecule has 0 spiro atoms. The Bertz CT molecular complexity index is 2510. The Balaban J connectivity index is 0.000000180. The first-order chi connectivity index (χ1) is 35.0. The van der Waals surface area contributed by atoms with Gasteiger partial charge in [-0.25, -0.2) is 0 Å². The van der Waals surface area contributed by atoms with E-state index in [0.29, 0.717) is 9.47 Å². The van der Waals surface area contributed by atoms with Gasteiger partial charge in [-0.3, -0.25) is 9.59 Å². The van der Waals surface area contributed by atoms with E-state index in [9.17, 15) is 9.59 Å². The van der Waals surface area contributed by atoms with Crippen LogP contribution >= 0.6 is 116 Å². The molecule has 2 amide bonds. The number of alkyl halides is 1. The van der Waals surface area contributed by atoms with E-state index in [0.717, 1.165) is 124 Å². The quantitative estimate of drug-likeness (QED) is 0.0783. The Morgan fingerprint density at radius 1 is 0.639 bits per heavy atom. The van der Waals surface area contributed by atoms with Gasteiger partial charge in [0.1, 0.15) is 22.3 Å². The van der Waals surface area contributed by atoms with Gasteiger partial charge < -0.3 is 31.2 Å². The van der Waals surface area contributed by atoms with Crippen molar-refractivity contribution >= 4 is 128 Å². The summed E-state index contributed by atoms with van der Waals surface area (Å²) >= 11 is 15.6. The minimum absolute atomic E-state index is 0.137. The average Bonchev–Trinajstić information content (AvgIpc) is 4.26. The molecular weight excluding hydrogens is 1610 g/mol. The molecule has 2 atom stereocenters. The van der Waals surface area contributed by atoms with Crippen LogP contribution in [0.1, 0.15) is 57.3 Å². The maximum atomic E-state index is 13.2. The Morgan fingerprint density at radius 2 is 1.04 bits per heavy atom. The number of hydrogen-bond donors (Lipinski definition) is 3. The maximum absolute atomic E-state index is 13.2. The number of aryl methyl sites for hydroxylation is 1. The summed E-state index contributed by atoms with van der Waals surface area (Å²) in [6.07, 6.45) is 6.08. The fourth-order valence-electron chi connectivity index (χ4n) is 10.7. The van der Waals surface area contributed by atoms with Crippen LogP contribution < -0.4 is 26.3 Å². The van der Waals surface area contributed by atoms with E-state index >= 15 is 0 Å². The minimum atomic E-state index is -0.817. The number of primary amides is 2. The van der Waals surface area contributed by atoms with Gasteiger partial charge >= 0.3 is 114 Å². The molecule has 6 aromatic carbocycles. The molecule has 10 rings (SSSR count). The van der Waals surface area contributed by atoms with Crippen molar-refractivity contribution in [2.45, 2.75) is 49.4 Å². The van der Waals surface area contributed by atoms with Crippen molar-refractivity contribution in [1.82, 2.24) is 10.2 Å². The number of amides is 2. The summed E-state index contributed by atoms with van der Waals surface area (Å²) in [5.41, 5.74) is 20.0. The summed E-state index contributed by atoms with van der Waals surface area (Å²) in [5.74, 6) is 1.90. The molecule has 0 unspecified atom stereocenters. The van der Waals surface area contributed by atoms with E-state index < -0.39 is 10.8 Å². The van der Waals surface area contributed by atoms with Crippen molar-refractivity contribution in [2.24, 2.45) is 23.3 Å². The molecule has 0 bridgehead atoms. The van der Waals surface area contributed by atoms with Gasteiger partial charge in [0.2, 0.25) is 11.8 Å². The second kappa shape index (κ2) is 31.5. The van der Waals surface area contributed by atoms with E-state index in [1.807, 2.05) is 121 Å². The average molecular weight is 1670 g/mol. The second-order valence-electron chi connectivity index (χ2n) is 17.8. The third-order valence-electron chi connectivity index (χ3n) is 13.9.